The second-order valence-electron chi connectivity index (χ2n) is 4.63. The number of nitrogens with zero attached hydrogens (tertiary/aromatic N) is 1. The van der Waals surface area contributed by atoms with E-state index in [0.29, 0.717) is 11.3 Å². The van der Waals surface area contributed by atoms with Crippen molar-refractivity contribution in [3.63, 3.8) is 0 Å². The Bertz CT molecular complexity index is 567. The van der Waals surface area contributed by atoms with E-state index in [-0.39, 0.29) is 18.7 Å². The largest absolute Gasteiger partial charge is 0.491 e. The minimum atomic E-state index is -0.372. The van der Waals surface area contributed by atoms with Gasteiger partial charge in [0, 0.05) is 18.0 Å². The summed E-state index contributed by atoms with van der Waals surface area (Å²) in [5.74, 6) is 0.291. The van der Waals surface area contributed by atoms with E-state index >= 15 is 0 Å². The van der Waals surface area contributed by atoms with Crippen LogP contribution in [0.5, 0.6) is 5.75 Å². The number of hydrogen-bond donors (Lipinski definition) is 0. The number of aromatic nitrogens is 1. The Balaban J connectivity index is 1.98. The molecule has 0 bridgehead atoms. The number of rotatable bonds is 5. The Hall–Kier alpha value is -2.36. The van der Waals surface area contributed by atoms with Crippen LogP contribution in [0.25, 0.3) is 0 Å². The first-order valence-corrected chi connectivity index (χ1v) is 6.48. The van der Waals surface area contributed by atoms with Gasteiger partial charge in [-0.3, -0.25) is 4.98 Å². The van der Waals surface area contributed by atoms with Crippen LogP contribution >= 0.6 is 0 Å². The molecule has 0 unspecified atom stereocenters. The van der Waals surface area contributed by atoms with Crippen LogP contribution in [0.4, 0.5) is 0 Å². The highest BCUT2D eigenvalue weighted by Crippen LogP contribution is 2.16. The lowest BCUT2D eigenvalue weighted by molar-refractivity contribution is 0.0471. The van der Waals surface area contributed by atoms with Crippen molar-refractivity contribution in [1.29, 1.82) is 0 Å². The molecule has 0 spiro atoms. The molecule has 1 aromatic heterocycles. The minimum absolute atomic E-state index is 0.0664. The van der Waals surface area contributed by atoms with Crippen LogP contribution < -0.4 is 4.74 Å². The maximum Gasteiger partial charge on any atom is 0.338 e. The first kappa shape index (κ1) is 14.1. The molecule has 0 atom stereocenters. The van der Waals surface area contributed by atoms with E-state index in [9.17, 15) is 4.79 Å². The summed E-state index contributed by atoms with van der Waals surface area (Å²) >= 11 is 0. The monoisotopic (exact) mass is 271 g/mol. The molecule has 0 saturated heterocycles. The third-order valence-electron chi connectivity index (χ3n) is 2.53. The summed E-state index contributed by atoms with van der Waals surface area (Å²) in [5.41, 5.74) is 1.34. The zero-order valence-electron chi connectivity index (χ0n) is 11.6. The number of ether oxygens (including phenoxy) is 2. The molecular weight excluding hydrogens is 254 g/mol. The van der Waals surface area contributed by atoms with Crippen LogP contribution in [0.2, 0.25) is 0 Å². The molecule has 1 aromatic carbocycles. The molecule has 0 aliphatic heterocycles. The van der Waals surface area contributed by atoms with Crippen LogP contribution in [-0.2, 0) is 11.3 Å². The Kier molecular flexibility index (Phi) is 4.71. The van der Waals surface area contributed by atoms with E-state index in [0.717, 1.165) is 5.56 Å². The van der Waals surface area contributed by atoms with Crippen molar-refractivity contribution >= 4 is 5.97 Å². The smallest absolute Gasteiger partial charge is 0.338 e. The first-order chi connectivity index (χ1) is 9.65. The molecule has 2 aromatic rings. The summed E-state index contributed by atoms with van der Waals surface area (Å²) in [6, 6.07) is 10.7. The van der Waals surface area contributed by atoms with Crippen LogP contribution in [0.3, 0.4) is 0 Å². The van der Waals surface area contributed by atoms with Gasteiger partial charge in [0.2, 0.25) is 0 Å². The van der Waals surface area contributed by atoms with Crippen molar-refractivity contribution in [2.45, 2.75) is 26.6 Å². The van der Waals surface area contributed by atoms with E-state index in [1.165, 1.54) is 0 Å². The van der Waals surface area contributed by atoms with Gasteiger partial charge in [0.15, 0.2) is 0 Å². The molecule has 2 rings (SSSR count). The predicted molar refractivity (Wildman–Crippen MR) is 75.6 cm³/mol. The molecule has 20 heavy (non-hydrogen) atoms. The van der Waals surface area contributed by atoms with Crippen molar-refractivity contribution in [1.82, 2.24) is 4.98 Å². The average Bonchev–Trinajstić information content (AvgIpc) is 2.45. The van der Waals surface area contributed by atoms with Crippen LogP contribution in [0.1, 0.15) is 29.8 Å². The van der Waals surface area contributed by atoms with Gasteiger partial charge in [-0.15, -0.1) is 0 Å². The Labute approximate surface area is 118 Å². The molecule has 4 heteroatoms. The lowest BCUT2D eigenvalue weighted by atomic mass is 10.2. The molecule has 0 aliphatic carbocycles. The Morgan fingerprint density at radius 3 is 2.80 bits per heavy atom. The summed E-state index contributed by atoms with van der Waals surface area (Å²) in [7, 11) is 0. The third kappa shape index (κ3) is 4.09. The van der Waals surface area contributed by atoms with Crippen molar-refractivity contribution in [2.75, 3.05) is 0 Å². The van der Waals surface area contributed by atoms with E-state index in [1.807, 2.05) is 26.0 Å². The number of esters is 1. The molecule has 0 fully saturated rings. The molecule has 0 N–H and O–H groups in total. The zero-order chi connectivity index (χ0) is 14.4. The van der Waals surface area contributed by atoms with Crippen molar-refractivity contribution in [3.8, 4) is 5.75 Å². The predicted octanol–water partition coefficient (Wildman–Crippen LogP) is 3.23. The van der Waals surface area contributed by atoms with Crippen LogP contribution in [0.15, 0.2) is 48.8 Å². The van der Waals surface area contributed by atoms with Crippen molar-refractivity contribution in [3.05, 3.63) is 59.9 Å². The molecular formula is C16H17NO3. The van der Waals surface area contributed by atoms with Gasteiger partial charge >= 0.3 is 5.97 Å². The highest BCUT2D eigenvalue weighted by Gasteiger charge is 2.09. The molecule has 104 valence electrons. The fraction of sp³-hybridized carbons (Fsp3) is 0.250. The summed E-state index contributed by atoms with van der Waals surface area (Å²) in [6.07, 6.45) is 3.42. The number of carbonyl (C=O) groups is 1. The van der Waals surface area contributed by atoms with Crippen LogP contribution in [0, 0.1) is 0 Å². The van der Waals surface area contributed by atoms with E-state index in [1.54, 1.807) is 36.7 Å². The molecule has 4 nitrogen and oxygen atoms in total. The van der Waals surface area contributed by atoms with E-state index in [4.69, 9.17) is 9.47 Å². The minimum Gasteiger partial charge on any atom is -0.491 e. The van der Waals surface area contributed by atoms with Gasteiger partial charge < -0.3 is 9.47 Å². The second kappa shape index (κ2) is 6.70. The summed E-state index contributed by atoms with van der Waals surface area (Å²) in [4.78, 5) is 15.9. The zero-order valence-corrected chi connectivity index (χ0v) is 11.6. The van der Waals surface area contributed by atoms with Gasteiger partial charge in [0.25, 0.3) is 0 Å². The summed E-state index contributed by atoms with van der Waals surface area (Å²) in [6.45, 7) is 4.09. The van der Waals surface area contributed by atoms with Gasteiger partial charge in [0.1, 0.15) is 12.4 Å². The fourth-order valence-electron chi connectivity index (χ4n) is 1.68. The van der Waals surface area contributed by atoms with Gasteiger partial charge in [-0.2, -0.15) is 0 Å². The topological polar surface area (TPSA) is 48.4 Å². The van der Waals surface area contributed by atoms with Crippen molar-refractivity contribution < 1.29 is 14.3 Å². The first-order valence-electron chi connectivity index (χ1n) is 6.48. The van der Waals surface area contributed by atoms with Gasteiger partial charge in [0.05, 0.1) is 11.7 Å². The van der Waals surface area contributed by atoms with E-state index in [2.05, 4.69) is 4.98 Å². The van der Waals surface area contributed by atoms with Crippen LogP contribution in [-0.4, -0.2) is 17.1 Å². The Morgan fingerprint density at radius 2 is 2.10 bits per heavy atom. The highest BCUT2D eigenvalue weighted by atomic mass is 16.5. The number of hydrogen-bond acceptors (Lipinski definition) is 4. The SMILES string of the molecule is CC(C)Oc1cccc(C(=O)OCc2cccnc2)c1. The number of carbonyl (C=O) groups excluding carboxylic acids is 1. The lowest BCUT2D eigenvalue weighted by Gasteiger charge is -2.10. The van der Waals surface area contributed by atoms with Crippen molar-refractivity contribution in [2.24, 2.45) is 0 Å². The van der Waals surface area contributed by atoms with Gasteiger partial charge in [-0.1, -0.05) is 12.1 Å². The highest BCUT2D eigenvalue weighted by molar-refractivity contribution is 5.89. The van der Waals surface area contributed by atoms with E-state index < -0.39 is 0 Å². The average molecular weight is 271 g/mol. The normalized spacial score (nSPS) is 10.3. The lowest BCUT2D eigenvalue weighted by Crippen LogP contribution is -2.08. The molecule has 0 amide bonds. The molecule has 0 saturated carbocycles. The quantitative estimate of drug-likeness (QED) is 0.783. The maximum absolute atomic E-state index is 12.0. The van der Waals surface area contributed by atoms with Gasteiger partial charge in [-0.05, 0) is 38.1 Å². The Morgan fingerprint density at radius 1 is 1.25 bits per heavy atom. The summed E-state index contributed by atoms with van der Waals surface area (Å²) in [5, 5.41) is 0. The molecule has 0 aliphatic rings. The number of pyridine rings is 1. The fourth-order valence-corrected chi connectivity index (χ4v) is 1.68. The second-order valence-corrected chi connectivity index (χ2v) is 4.63. The molecule has 1 heterocycles. The third-order valence-corrected chi connectivity index (χ3v) is 2.53. The maximum atomic E-state index is 12.0. The molecule has 0 radical (unpaired) electrons. The number of benzene rings is 1. The van der Waals surface area contributed by atoms with Gasteiger partial charge in [-0.25, -0.2) is 4.79 Å². The summed E-state index contributed by atoms with van der Waals surface area (Å²) < 4.78 is 10.8. The standard InChI is InChI=1S/C16H17NO3/c1-12(2)20-15-7-3-6-14(9-15)16(18)19-11-13-5-4-8-17-10-13/h3-10,12H,11H2,1-2H3.